The molecule has 2 atom stereocenters. The molecule has 104 valence electrons. The van der Waals surface area contributed by atoms with E-state index in [-0.39, 0.29) is 6.04 Å². The number of rotatable bonds is 1. The van der Waals surface area contributed by atoms with Crippen molar-refractivity contribution < 1.29 is 4.74 Å². The summed E-state index contributed by atoms with van der Waals surface area (Å²) in [6.07, 6.45) is 9.39. The van der Waals surface area contributed by atoms with Gasteiger partial charge in [0.1, 0.15) is 11.9 Å². The highest BCUT2D eigenvalue weighted by Gasteiger charge is 2.32. The summed E-state index contributed by atoms with van der Waals surface area (Å²) in [5, 5.41) is 0. The quantitative estimate of drug-likeness (QED) is 0.768. The number of halogens is 1. The van der Waals surface area contributed by atoms with E-state index in [1.807, 2.05) is 6.07 Å². The van der Waals surface area contributed by atoms with Gasteiger partial charge in [-0.3, -0.25) is 0 Å². The topological polar surface area (TPSA) is 35.2 Å². The average molecular weight is 324 g/mol. The van der Waals surface area contributed by atoms with Crippen LogP contribution in [-0.2, 0) is 0 Å². The molecule has 3 rings (SSSR count). The fraction of sp³-hybridized carbons (Fsp3) is 0.625. The van der Waals surface area contributed by atoms with Crippen molar-refractivity contribution >= 4 is 15.9 Å². The molecule has 1 unspecified atom stereocenters. The highest BCUT2D eigenvalue weighted by molar-refractivity contribution is 9.10. The van der Waals surface area contributed by atoms with Crippen LogP contribution in [0.4, 0.5) is 0 Å². The fourth-order valence-electron chi connectivity index (χ4n) is 3.48. The largest absolute Gasteiger partial charge is 0.490 e. The minimum atomic E-state index is 0.120. The van der Waals surface area contributed by atoms with Gasteiger partial charge in [-0.1, -0.05) is 41.6 Å². The molecule has 1 aromatic carbocycles. The number of ether oxygens (including phenoxy) is 1. The second kappa shape index (κ2) is 5.84. The van der Waals surface area contributed by atoms with Crippen molar-refractivity contribution in [1.29, 1.82) is 0 Å². The summed E-state index contributed by atoms with van der Waals surface area (Å²) in [4.78, 5) is 0. The molecule has 0 radical (unpaired) electrons. The molecule has 0 aromatic heterocycles. The van der Waals surface area contributed by atoms with Gasteiger partial charge in [0.05, 0.1) is 0 Å². The first-order valence-electron chi connectivity index (χ1n) is 7.46. The standard InChI is InChI=1S/C16H22BrNO/c17-12-7-8-15-13(9-12)14(18)10-16(19-15)11-5-3-1-2-4-6-11/h7-9,11,14,16H,1-6,10,18H2/t14-,16?/m1/s1. The average Bonchev–Trinajstić information content (AvgIpc) is 2.68. The third kappa shape index (κ3) is 2.97. The van der Waals surface area contributed by atoms with Crippen LogP contribution in [0.15, 0.2) is 22.7 Å². The van der Waals surface area contributed by atoms with E-state index < -0.39 is 0 Å². The monoisotopic (exact) mass is 323 g/mol. The van der Waals surface area contributed by atoms with Crippen LogP contribution in [0.25, 0.3) is 0 Å². The van der Waals surface area contributed by atoms with Crippen molar-refractivity contribution in [3.63, 3.8) is 0 Å². The SMILES string of the molecule is N[C@@H]1CC(C2CCCCCC2)Oc2ccc(Br)cc21. The van der Waals surface area contributed by atoms with Gasteiger partial charge in [-0.2, -0.15) is 0 Å². The molecule has 0 bridgehead atoms. The van der Waals surface area contributed by atoms with Crippen LogP contribution in [-0.4, -0.2) is 6.10 Å². The molecule has 1 heterocycles. The van der Waals surface area contributed by atoms with Gasteiger partial charge in [-0.05, 0) is 37.0 Å². The number of nitrogens with two attached hydrogens (primary N) is 1. The summed E-state index contributed by atoms with van der Waals surface area (Å²) in [7, 11) is 0. The molecule has 1 aliphatic heterocycles. The molecular weight excluding hydrogens is 302 g/mol. The molecule has 2 N–H and O–H groups in total. The fourth-order valence-corrected chi connectivity index (χ4v) is 3.86. The van der Waals surface area contributed by atoms with Crippen molar-refractivity contribution in [1.82, 2.24) is 0 Å². The van der Waals surface area contributed by atoms with Gasteiger partial charge < -0.3 is 10.5 Å². The molecule has 2 nitrogen and oxygen atoms in total. The second-order valence-electron chi connectivity index (χ2n) is 5.93. The van der Waals surface area contributed by atoms with Crippen molar-refractivity contribution in [3.8, 4) is 5.75 Å². The highest BCUT2D eigenvalue weighted by Crippen LogP contribution is 2.39. The van der Waals surface area contributed by atoms with Crippen molar-refractivity contribution in [3.05, 3.63) is 28.2 Å². The van der Waals surface area contributed by atoms with Gasteiger partial charge in [0.2, 0.25) is 0 Å². The molecule has 1 aliphatic carbocycles. The second-order valence-corrected chi connectivity index (χ2v) is 6.85. The van der Waals surface area contributed by atoms with Crippen LogP contribution in [0.5, 0.6) is 5.75 Å². The van der Waals surface area contributed by atoms with Gasteiger partial charge in [0.25, 0.3) is 0 Å². The Balaban J connectivity index is 1.78. The summed E-state index contributed by atoms with van der Waals surface area (Å²) in [6, 6.07) is 6.32. The lowest BCUT2D eigenvalue weighted by Gasteiger charge is -2.35. The van der Waals surface area contributed by atoms with Crippen molar-refractivity contribution in [2.24, 2.45) is 11.7 Å². The maximum Gasteiger partial charge on any atom is 0.124 e. The van der Waals surface area contributed by atoms with Gasteiger partial charge in [0, 0.05) is 22.5 Å². The summed E-state index contributed by atoms with van der Waals surface area (Å²) in [5.41, 5.74) is 7.50. The van der Waals surface area contributed by atoms with Gasteiger partial charge in [0.15, 0.2) is 0 Å². The van der Waals surface area contributed by atoms with Crippen LogP contribution in [0.1, 0.15) is 56.6 Å². The molecule has 1 fully saturated rings. The first kappa shape index (κ1) is 13.4. The minimum Gasteiger partial charge on any atom is -0.490 e. The lowest BCUT2D eigenvalue weighted by atomic mass is 9.86. The molecule has 0 spiro atoms. The molecule has 2 aliphatic rings. The maximum absolute atomic E-state index is 6.35. The molecule has 1 aromatic rings. The van der Waals surface area contributed by atoms with E-state index in [0.29, 0.717) is 12.0 Å². The Kier molecular flexibility index (Phi) is 4.13. The van der Waals surface area contributed by atoms with E-state index in [4.69, 9.17) is 10.5 Å². The number of hydrogen-bond donors (Lipinski definition) is 1. The molecule has 0 amide bonds. The predicted molar refractivity (Wildman–Crippen MR) is 81.3 cm³/mol. The molecule has 1 saturated carbocycles. The minimum absolute atomic E-state index is 0.120. The van der Waals surface area contributed by atoms with Gasteiger partial charge in [-0.25, -0.2) is 0 Å². The molecular formula is C16H22BrNO. The molecule has 0 saturated heterocycles. The third-order valence-electron chi connectivity index (χ3n) is 4.56. The van der Waals surface area contributed by atoms with E-state index in [9.17, 15) is 0 Å². The Morgan fingerprint density at radius 2 is 1.84 bits per heavy atom. The number of benzene rings is 1. The van der Waals surface area contributed by atoms with Crippen LogP contribution >= 0.6 is 15.9 Å². The summed E-state index contributed by atoms with van der Waals surface area (Å²) >= 11 is 3.51. The van der Waals surface area contributed by atoms with Crippen LogP contribution in [0.3, 0.4) is 0 Å². The normalized spacial score (nSPS) is 28.3. The number of fused-ring (bicyclic) bond motifs is 1. The molecule has 19 heavy (non-hydrogen) atoms. The Morgan fingerprint density at radius 3 is 2.58 bits per heavy atom. The van der Waals surface area contributed by atoms with E-state index in [2.05, 4.69) is 28.1 Å². The third-order valence-corrected chi connectivity index (χ3v) is 5.05. The zero-order chi connectivity index (χ0) is 13.2. The van der Waals surface area contributed by atoms with Crippen LogP contribution in [0.2, 0.25) is 0 Å². The van der Waals surface area contributed by atoms with Crippen molar-refractivity contribution in [2.45, 2.75) is 57.1 Å². The molecule has 3 heteroatoms. The zero-order valence-electron chi connectivity index (χ0n) is 11.3. The van der Waals surface area contributed by atoms with E-state index in [1.165, 1.54) is 38.5 Å². The summed E-state index contributed by atoms with van der Waals surface area (Å²) in [5.74, 6) is 1.70. The van der Waals surface area contributed by atoms with Crippen LogP contribution < -0.4 is 10.5 Å². The van der Waals surface area contributed by atoms with Crippen LogP contribution in [0, 0.1) is 5.92 Å². The Labute approximate surface area is 123 Å². The highest BCUT2D eigenvalue weighted by atomic mass is 79.9. The first-order chi connectivity index (χ1) is 9.24. The van der Waals surface area contributed by atoms with E-state index >= 15 is 0 Å². The summed E-state index contributed by atoms with van der Waals surface area (Å²) < 4.78 is 7.33. The van der Waals surface area contributed by atoms with E-state index in [0.717, 1.165) is 22.2 Å². The number of hydrogen-bond acceptors (Lipinski definition) is 2. The zero-order valence-corrected chi connectivity index (χ0v) is 12.9. The first-order valence-corrected chi connectivity index (χ1v) is 8.25. The van der Waals surface area contributed by atoms with Gasteiger partial charge in [-0.15, -0.1) is 0 Å². The van der Waals surface area contributed by atoms with Gasteiger partial charge >= 0.3 is 0 Å². The Hall–Kier alpha value is -0.540. The van der Waals surface area contributed by atoms with Crippen molar-refractivity contribution in [2.75, 3.05) is 0 Å². The maximum atomic E-state index is 6.35. The predicted octanol–water partition coefficient (Wildman–Crippen LogP) is 4.57. The lowest BCUT2D eigenvalue weighted by molar-refractivity contribution is 0.0905. The smallest absolute Gasteiger partial charge is 0.124 e. The Bertz CT molecular complexity index is 440. The lowest BCUT2D eigenvalue weighted by Crippen LogP contribution is -2.35. The summed E-state index contributed by atoms with van der Waals surface area (Å²) in [6.45, 7) is 0. The Morgan fingerprint density at radius 1 is 1.11 bits per heavy atom. The van der Waals surface area contributed by atoms with E-state index in [1.54, 1.807) is 0 Å².